The summed E-state index contributed by atoms with van der Waals surface area (Å²) in [6, 6.07) is 6.48. The molecular weight excluding hydrogens is 266 g/mol. The van der Waals surface area contributed by atoms with Gasteiger partial charge in [-0.1, -0.05) is 18.9 Å². The van der Waals surface area contributed by atoms with E-state index in [2.05, 4.69) is 28.1 Å². The second kappa shape index (κ2) is 5.19. The molecule has 1 fully saturated rings. The predicted molar refractivity (Wildman–Crippen MR) is 69.7 cm³/mol. The number of ether oxygens (including phenoxy) is 1. The Balaban J connectivity index is 1.95. The number of benzene rings is 1. The van der Waals surface area contributed by atoms with E-state index in [0.717, 1.165) is 22.6 Å². The molecule has 1 atom stereocenters. The molecule has 0 aliphatic heterocycles. The highest BCUT2D eigenvalue weighted by Gasteiger charge is 2.23. The lowest BCUT2D eigenvalue weighted by Crippen LogP contribution is -2.23. The summed E-state index contributed by atoms with van der Waals surface area (Å²) in [5, 5.41) is 0. The van der Waals surface area contributed by atoms with Gasteiger partial charge in [-0.05, 0) is 52.4 Å². The van der Waals surface area contributed by atoms with Gasteiger partial charge >= 0.3 is 0 Å². The average molecular weight is 284 g/mol. The monoisotopic (exact) mass is 283 g/mol. The van der Waals surface area contributed by atoms with E-state index in [4.69, 9.17) is 10.5 Å². The van der Waals surface area contributed by atoms with E-state index in [9.17, 15) is 0 Å². The molecule has 2 rings (SSSR count). The minimum atomic E-state index is 0.299. The third kappa shape index (κ3) is 3.22. The molecule has 1 aliphatic rings. The standard InChI is InChI=1S/C13H18BrNO/c1-16-13-5-4-10(8-12(13)14)7-11(15)6-9-2-3-9/h4-5,8-9,11H,2-3,6-7,15H2,1H3. The summed E-state index contributed by atoms with van der Waals surface area (Å²) in [7, 11) is 1.68. The maximum atomic E-state index is 6.12. The van der Waals surface area contributed by atoms with Crippen LogP contribution in [0.1, 0.15) is 24.8 Å². The van der Waals surface area contributed by atoms with Crippen LogP contribution in [0.4, 0.5) is 0 Å². The van der Waals surface area contributed by atoms with Crippen LogP contribution in [0.5, 0.6) is 5.75 Å². The van der Waals surface area contributed by atoms with Crippen LogP contribution in [0, 0.1) is 5.92 Å². The molecular formula is C13H18BrNO. The average Bonchev–Trinajstić information content (AvgIpc) is 3.01. The zero-order valence-corrected chi connectivity index (χ0v) is 11.2. The Labute approximate surface area is 105 Å². The molecule has 16 heavy (non-hydrogen) atoms. The molecule has 0 heterocycles. The lowest BCUT2D eigenvalue weighted by Gasteiger charge is -2.12. The first-order chi connectivity index (χ1) is 7.69. The van der Waals surface area contributed by atoms with Crippen molar-refractivity contribution < 1.29 is 4.74 Å². The molecule has 1 saturated carbocycles. The van der Waals surface area contributed by atoms with E-state index in [-0.39, 0.29) is 0 Å². The Bertz CT molecular complexity index is 363. The van der Waals surface area contributed by atoms with Gasteiger partial charge < -0.3 is 10.5 Å². The van der Waals surface area contributed by atoms with Gasteiger partial charge in [0.15, 0.2) is 0 Å². The van der Waals surface area contributed by atoms with Crippen LogP contribution in [0.25, 0.3) is 0 Å². The Morgan fingerprint density at radius 3 is 2.81 bits per heavy atom. The maximum absolute atomic E-state index is 6.12. The van der Waals surface area contributed by atoms with Crippen molar-refractivity contribution in [3.63, 3.8) is 0 Å². The van der Waals surface area contributed by atoms with Gasteiger partial charge in [-0.3, -0.25) is 0 Å². The Kier molecular flexibility index (Phi) is 3.87. The summed E-state index contributed by atoms with van der Waals surface area (Å²) < 4.78 is 6.21. The van der Waals surface area contributed by atoms with Crippen LogP contribution in [0.3, 0.4) is 0 Å². The van der Waals surface area contributed by atoms with Gasteiger partial charge in [0.1, 0.15) is 5.75 Å². The highest BCUT2D eigenvalue weighted by Crippen LogP contribution is 2.34. The maximum Gasteiger partial charge on any atom is 0.133 e. The van der Waals surface area contributed by atoms with Gasteiger partial charge in [-0.2, -0.15) is 0 Å². The fraction of sp³-hybridized carbons (Fsp3) is 0.538. The van der Waals surface area contributed by atoms with Gasteiger partial charge in [0.25, 0.3) is 0 Å². The van der Waals surface area contributed by atoms with Crippen molar-refractivity contribution in [3.05, 3.63) is 28.2 Å². The number of hydrogen-bond donors (Lipinski definition) is 1. The zero-order chi connectivity index (χ0) is 11.5. The Morgan fingerprint density at radius 2 is 2.25 bits per heavy atom. The van der Waals surface area contributed by atoms with Gasteiger partial charge in [-0.15, -0.1) is 0 Å². The number of nitrogens with two attached hydrogens (primary N) is 1. The van der Waals surface area contributed by atoms with Gasteiger partial charge in [0.2, 0.25) is 0 Å². The minimum absolute atomic E-state index is 0.299. The van der Waals surface area contributed by atoms with Crippen molar-refractivity contribution >= 4 is 15.9 Å². The summed E-state index contributed by atoms with van der Waals surface area (Å²) >= 11 is 3.49. The minimum Gasteiger partial charge on any atom is -0.496 e. The molecule has 1 aliphatic carbocycles. The highest BCUT2D eigenvalue weighted by atomic mass is 79.9. The quantitative estimate of drug-likeness (QED) is 0.901. The third-order valence-electron chi connectivity index (χ3n) is 3.05. The third-order valence-corrected chi connectivity index (χ3v) is 3.67. The first-order valence-corrected chi connectivity index (χ1v) is 6.56. The number of methoxy groups -OCH3 is 1. The first kappa shape index (κ1) is 11.9. The van der Waals surface area contributed by atoms with Gasteiger partial charge in [-0.25, -0.2) is 0 Å². The smallest absolute Gasteiger partial charge is 0.133 e. The molecule has 1 unspecified atom stereocenters. The van der Waals surface area contributed by atoms with Crippen LogP contribution >= 0.6 is 15.9 Å². The fourth-order valence-corrected chi connectivity index (χ4v) is 2.59. The van der Waals surface area contributed by atoms with Crippen molar-refractivity contribution in [1.82, 2.24) is 0 Å². The van der Waals surface area contributed by atoms with Crippen LogP contribution in [0.15, 0.2) is 22.7 Å². The van der Waals surface area contributed by atoms with E-state index in [0.29, 0.717) is 6.04 Å². The van der Waals surface area contributed by atoms with Gasteiger partial charge in [0, 0.05) is 6.04 Å². The van der Waals surface area contributed by atoms with E-state index >= 15 is 0 Å². The second-order valence-corrected chi connectivity index (χ2v) is 5.47. The van der Waals surface area contributed by atoms with Gasteiger partial charge in [0.05, 0.1) is 11.6 Å². The lowest BCUT2D eigenvalue weighted by atomic mass is 10.0. The summed E-state index contributed by atoms with van der Waals surface area (Å²) in [4.78, 5) is 0. The Morgan fingerprint density at radius 1 is 1.50 bits per heavy atom. The van der Waals surface area contributed by atoms with E-state index in [1.807, 2.05) is 6.07 Å². The topological polar surface area (TPSA) is 35.2 Å². The van der Waals surface area contributed by atoms with Crippen LogP contribution in [-0.4, -0.2) is 13.2 Å². The molecule has 0 saturated heterocycles. The molecule has 1 aromatic rings. The number of halogens is 1. The normalized spacial score (nSPS) is 17.2. The predicted octanol–water partition coefficient (Wildman–Crippen LogP) is 3.13. The Hall–Kier alpha value is -0.540. The summed E-state index contributed by atoms with van der Waals surface area (Å²) in [5.41, 5.74) is 7.40. The summed E-state index contributed by atoms with van der Waals surface area (Å²) in [6.45, 7) is 0. The summed E-state index contributed by atoms with van der Waals surface area (Å²) in [5.74, 6) is 1.77. The molecule has 1 aromatic carbocycles. The van der Waals surface area contributed by atoms with Crippen molar-refractivity contribution in [2.24, 2.45) is 11.7 Å². The van der Waals surface area contributed by atoms with Crippen molar-refractivity contribution in [1.29, 1.82) is 0 Å². The van der Waals surface area contributed by atoms with Crippen LogP contribution in [-0.2, 0) is 6.42 Å². The van der Waals surface area contributed by atoms with Crippen molar-refractivity contribution in [2.45, 2.75) is 31.7 Å². The molecule has 3 heteroatoms. The van der Waals surface area contributed by atoms with Crippen molar-refractivity contribution in [3.8, 4) is 5.75 Å². The SMILES string of the molecule is COc1ccc(CC(N)CC2CC2)cc1Br. The number of hydrogen-bond acceptors (Lipinski definition) is 2. The van der Waals surface area contributed by atoms with Crippen LogP contribution < -0.4 is 10.5 Å². The highest BCUT2D eigenvalue weighted by molar-refractivity contribution is 9.10. The zero-order valence-electron chi connectivity index (χ0n) is 9.58. The fourth-order valence-electron chi connectivity index (χ4n) is 2.00. The largest absolute Gasteiger partial charge is 0.496 e. The number of rotatable bonds is 5. The molecule has 0 aromatic heterocycles. The molecule has 0 radical (unpaired) electrons. The molecule has 2 N–H and O–H groups in total. The molecule has 0 spiro atoms. The van der Waals surface area contributed by atoms with E-state index in [1.165, 1.54) is 24.8 Å². The second-order valence-electron chi connectivity index (χ2n) is 4.61. The molecule has 0 bridgehead atoms. The van der Waals surface area contributed by atoms with Crippen molar-refractivity contribution in [2.75, 3.05) is 7.11 Å². The lowest BCUT2D eigenvalue weighted by molar-refractivity contribution is 0.412. The van der Waals surface area contributed by atoms with Crippen LogP contribution in [0.2, 0.25) is 0 Å². The van der Waals surface area contributed by atoms with E-state index in [1.54, 1.807) is 7.11 Å². The molecule has 88 valence electrons. The van der Waals surface area contributed by atoms with E-state index < -0.39 is 0 Å². The first-order valence-electron chi connectivity index (χ1n) is 5.77. The summed E-state index contributed by atoms with van der Waals surface area (Å²) in [6.07, 6.45) is 4.88. The molecule has 2 nitrogen and oxygen atoms in total. The molecule has 0 amide bonds.